The standard InChI is InChI=1S/C20H19N7O3/c1-3-17-24-18(30-26-17)10-27-9-16(11(2)25-27)23-20(29)13-8-15(19(21)28)22-14-7-5-4-6-12(13)14/h4-9H,3,10H2,1-2H3,(H2,21,28)(H,23,29). The molecule has 4 aromatic rings. The van der Waals surface area contributed by atoms with Crippen LogP contribution in [-0.4, -0.2) is 36.7 Å². The van der Waals surface area contributed by atoms with E-state index in [2.05, 4.69) is 25.5 Å². The molecule has 30 heavy (non-hydrogen) atoms. The van der Waals surface area contributed by atoms with Crippen molar-refractivity contribution in [1.82, 2.24) is 24.9 Å². The first-order chi connectivity index (χ1) is 14.4. The van der Waals surface area contributed by atoms with Gasteiger partial charge in [0.2, 0.25) is 5.89 Å². The fourth-order valence-corrected chi connectivity index (χ4v) is 3.04. The van der Waals surface area contributed by atoms with Crippen molar-refractivity contribution in [3.8, 4) is 0 Å². The monoisotopic (exact) mass is 405 g/mol. The molecule has 152 valence electrons. The molecule has 2 amide bonds. The van der Waals surface area contributed by atoms with Crippen LogP contribution in [0.2, 0.25) is 0 Å². The van der Waals surface area contributed by atoms with E-state index < -0.39 is 11.8 Å². The summed E-state index contributed by atoms with van der Waals surface area (Å²) in [6.45, 7) is 4.00. The number of nitrogens with zero attached hydrogens (tertiary/aromatic N) is 5. The number of hydrogen-bond donors (Lipinski definition) is 2. The number of primary amides is 1. The van der Waals surface area contributed by atoms with E-state index in [1.165, 1.54) is 6.07 Å². The van der Waals surface area contributed by atoms with Crippen LogP contribution in [0.15, 0.2) is 41.1 Å². The summed E-state index contributed by atoms with van der Waals surface area (Å²) in [5.41, 5.74) is 7.34. The fraction of sp³-hybridized carbons (Fsp3) is 0.200. The average Bonchev–Trinajstić information content (AvgIpc) is 3.33. The minimum Gasteiger partial charge on any atom is -0.364 e. The predicted molar refractivity (Wildman–Crippen MR) is 108 cm³/mol. The number of aromatic nitrogens is 5. The number of para-hydroxylation sites is 1. The molecule has 0 saturated carbocycles. The van der Waals surface area contributed by atoms with Crippen LogP contribution in [0, 0.1) is 6.92 Å². The highest BCUT2D eigenvalue weighted by molar-refractivity contribution is 6.13. The molecule has 1 aromatic carbocycles. The summed E-state index contributed by atoms with van der Waals surface area (Å²) in [5.74, 6) is -0.0507. The smallest absolute Gasteiger partial charge is 0.267 e. The number of fused-ring (bicyclic) bond motifs is 1. The lowest BCUT2D eigenvalue weighted by Crippen LogP contribution is -2.17. The van der Waals surface area contributed by atoms with Gasteiger partial charge in [0, 0.05) is 18.0 Å². The van der Waals surface area contributed by atoms with E-state index in [9.17, 15) is 9.59 Å². The third-order valence-electron chi connectivity index (χ3n) is 4.53. The first-order valence-corrected chi connectivity index (χ1v) is 9.31. The summed E-state index contributed by atoms with van der Waals surface area (Å²) in [6.07, 6.45) is 2.36. The number of amides is 2. The molecule has 0 fully saturated rings. The Morgan fingerprint density at radius 3 is 2.77 bits per heavy atom. The molecule has 3 N–H and O–H groups in total. The molecule has 10 nitrogen and oxygen atoms in total. The van der Waals surface area contributed by atoms with Crippen LogP contribution in [0.25, 0.3) is 10.9 Å². The molecule has 0 aliphatic carbocycles. The van der Waals surface area contributed by atoms with Crippen molar-refractivity contribution < 1.29 is 14.1 Å². The Balaban J connectivity index is 1.61. The normalized spacial score (nSPS) is 11.0. The molecule has 3 heterocycles. The van der Waals surface area contributed by atoms with Gasteiger partial charge in [-0.15, -0.1) is 0 Å². The van der Waals surface area contributed by atoms with Gasteiger partial charge in [-0.05, 0) is 19.1 Å². The summed E-state index contributed by atoms with van der Waals surface area (Å²) >= 11 is 0. The zero-order chi connectivity index (χ0) is 21.3. The van der Waals surface area contributed by atoms with E-state index in [1.807, 2.05) is 6.92 Å². The van der Waals surface area contributed by atoms with E-state index in [0.29, 0.717) is 46.0 Å². The summed E-state index contributed by atoms with van der Waals surface area (Å²) in [5, 5.41) is 11.7. The molecule has 0 saturated heterocycles. The summed E-state index contributed by atoms with van der Waals surface area (Å²) in [7, 11) is 0. The second kappa shape index (κ2) is 7.74. The molecule has 0 aliphatic rings. The van der Waals surface area contributed by atoms with Crippen LogP contribution in [0.3, 0.4) is 0 Å². The molecule has 10 heteroatoms. The molecule has 0 atom stereocenters. The number of nitrogens with two attached hydrogens (primary N) is 1. The van der Waals surface area contributed by atoms with Gasteiger partial charge in [-0.3, -0.25) is 14.3 Å². The van der Waals surface area contributed by atoms with Gasteiger partial charge in [0.15, 0.2) is 5.82 Å². The van der Waals surface area contributed by atoms with Gasteiger partial charge in [0.05, 0.1) is 22.5 Å². The van der Waals surface area contributed by atoms with Crippen molar-refractivity contribution in [2.75, 3.05) is 5.32 Å². The predicted octanol–water partition coefficient (Wildman–Crippen LogP) is 2.08. The molecule has 4 rings (SSSR count). The van der Waals surface area contributed by atoms with Crippen LogP contribution >= 0.6 is 0 Å². The minimum atomic E-state index is -0.704. The highest BCUT2D eigenvalue weighted by atomic mass is 16.5. The summed E-state index contributed by atoms with van der Waals surface area (Å²) in [4.78, 5) is 33.1. The first-order valence-electron chi connectivity index (χ1n) is 9.31. The number of pyridine rings is 1. The Hall–Kier alpha value is -4.08. The zero-order valence-corrected chi connectivity index (χ0v) is 16.4. The minimum absolute atomic E-state index is 0.0226. The van der Waals surface area contributed by atoms with Crippen molar-refractivity contribution >= 4 is 28.4 Å². The topological polar surface area (TPSA) is 142 Å². The van der Waals surface area contributed by atoms with E-state index in [-0.39, 0.29) is 12.2 Å². The van der Waals surface area contributed by atoms with Gasteiger partial charge in [0.1, 0.15) is 12.2 Å². The van der Waals surface area contributed by atoms with Crippen LogP contribution < -0.4 is 11.1 Å². The maximum Gasteiger partial charge on any atom is 0.267 e. The van der Waals surface area contributed by atoms with Crippen molar-refractivity contribution in [3.63, 3.8) is 0 Å². The van der Waals surface area contributed by atoms with E-state index >= 15 is 0 Å². The maximum atomic E-state index is 13.0. The number of carbonyl (C=O) groups excluding carboxylic acids is 2. The zero-order valence-electron chi connectivity index (χ0n) is 16.4. The number of carbonyl (C=O) groups is 2. The average molecular weight is 405 g/mol. The Morgan fingerprint density at radius 1 is 1.23 bits per heavy atom. The van der Waals surface area contributed by atoms with E-state index in [1.54, 1.807) is 42.1 Å². The van der Waals surface area contributed by atoms with E-state index in [4.69, 9.17) is 10.3 Å². The van der Waals surface area contributed by atoms with Crippen molar-refractivity contribution in [1.29, 1.82) is 0 Å². The molecule has 0 radical (unpaired) electrons. The SMILES string of the molecule is CCc1noc(Cn2cc(NC(=O)c3cc(C(N)=O)nc4ccccc34)c(C)n2)n1. The highest BCUT2D eigenvalue weighted by Gasteiger charge is 2.17. The molecule has 0 aliphatic heterocycles. The van der Waals surface area contributed by atoms with Gasteiger partial charge in [-0.2, -0.15) is 10.1 Å². The largest absolute Gasteiger partial charge is 0.364 e. The summed E-state index contributed by atoms with van der Waals surface area (Å²) in [6, 6.07) is 8.45. The van der Waals surface area contributed by atoms with Gasteiger partial charge >= 0.3 is 0 Å². The number of nitrogens with one attached hydrogen (secondary N) is 1. The number of hydrogen-bond acceptors (Lipinski definition) is 7. The van der Waals surface area contributed by atoms with Crippen LogP contribution in [0.1, 0.15) is 45.2 Å². The van der Waals surface area contributed by atoms with Crippen molar-refractivity contribution in [2.45, 2.75) is 26.8 Å². The molecular weight excluding hydrogens is 386 g/mol. The molecule has 0 bridgehead atoms. The fourth-order valence-electron chi connectivity index (χ4n) is 3.04. The van der Waals surface area contributed by atoms with Crippen LogP contribution in [0.4, 0.5) is 5.69 Å². The second-order valence-corrected chi connectivity index (χ2v) is 6.67. The van der Waals surface area contributed by atoms with Crippen molar-refractivity contribution in [3.05, 3.63) is 65.2 Å². The van der Waals surface area contributed by atoms with Gasteiger partial charge in [-0.1, -0.05) is 30.3 Å². The van der Waals surface area contributed by atoms with E-state index in [0.717, 1.165) is 0 Å². The third-order valence-corrected chi connectivity index (χ3v) is 4.53. The number of benzene rings is 1. The van der Waals surface area contributed by atoms with Crippen LogP contribution in [-0.2, 0) is 13.0 Å². The van der Waals surface area contributed by atoms with Gasteiger partial charge in [0.25, 0.3) is 11.8 Å². The maximum absolute atomic E-state index is 13.0. The third kappa shape index (κ3) is 3.75. The van der Waals surface area contributed by atoms with Crippen molar-refractivity contribution in [2.24, 2.45) is 5.73 Å². The Bertz CT molecular complexity index is 1260. The number of aryl methyl sites for hydroxylation is 2. The van der Waals surface area contributed by atoms with Gasteiger partial charge < -0.3 is 15.6 Å². The van der Waals surface area contributed by atoms with Gasteiger partial charge in [-0.25, -0.2) is 4.98 Å². The lowest BCUT2D eigenvalue weighted by molar-refractivity contribution is 0.0996. The molecular formula is C20H19N7O3. The lowest BCUT2D eigenvalue weighted by atomic mass is 10.1. The quantitative estimate of drug-likeness (QED) is 0.500. The Labute approximate surface area is 171 Å². The number of rotatable bonds is 6. The number of anilines is 1. The second-order valence-electron chi connectivity index (χ2n) is 6.67. The highest BCUT2D eigenvalue weighted by Crippen LogP contribution is 2.21. The van der Waals surface area contributed by atoms with Crippen LogP contribution in [0.5, 0.6) is 0 Å². The molecule has 3 aromatic heterocycles. The lowest BCUT2D eigenvalue weighted by Gasteiger charge is -2.08. The Kier molecular flexibility index (Phi) is 4.97. The summed E-state index contributed by atoms with van der Waals surface area (Å²) < 4.78 is 6.79. The molecule has 0 spiro atoms. The Morgan fingerprint density at radius 2 is 2.03 bits per heavy atom. The molecule has 0 unspecified atom stereocenters. The first kappa shape index (κ1) is 19.2.